The Morgan fingerprint density at radius 3 is 2.81 bits per heavy atom. The predicted octanol–water partition coefficient (Wildman–Crippen LogP) is 3.71. The number of aromatic nitrogens is 1. The normalized spacial score (nSPS) is 16.3. The van der Waals surface area contributed by atoms with Crippen LogP contribution in [0.4, 0.5) is 0 Å². The molecule has 1 amide bonds. The highest BCUT2D eigenvalue weighted by Gasteiger charge is 2.27. The molecule has 1 aromatic carbocycles. The molecule has 0 radical (unpaired) electrons. The number of nitrogens with zero attached hydrogens (tertiary/aromatic N) is 2. The summed E-state index contributed by atoms with van der Waals surface area (Å²) >= 11 is 5.95. The lowest BCUT2D eigenvalue weighted by atomic mass is 10.1. The Labute approximate surface area is 158 Å². The topological polar surface area (TPSA) is 51.7 Å². The third kappa shape index (κ3) is 5.19. The lowest BCUT2D eigenvalue weighted by Gasteiger charge is -2.33. The van der Waals surface area contributed by atoms with E-state index in [0.29, 0.717) is 30.5 Å². The van der Waals surface area contributed by atoms with Gasteiger partial charge in [-0.1, -0.05) is 23.7 Å². The molecule has 0 aliphatic carbocycles. The molecule has 2 heterocycles. The molecule has 0 bridgehead atoms. The van der Waals surface area contributed by atoms with E-state index in [2.05, 4.69) is 4.98 Å². The van der Waals surface area contributed by atoms with Gasteiger partial charge in [-0.05, 0) is 49.6 Å². The van der Waals surface area contributed by atoms with Crippen LogP contribution in [0.1, 0.15) is 25.3 Å². The van der Waals surface area contributed by atoms with Crippen LogP contribution in [-0.2, 0) is 16.1 Å². The molecule has 1 aromatic heterocycles. The Kier molecular flexibility index (Phi) is 6.47. The van der Waals surface area contributed by atoms with Crippen molar-refractivity contribution in [3.8, 4) is 5.75 Å². The number of rotatable bonds is 6. The second-order valence-electron chi connectivity index (χ2n) is 6.41. The fourth-order valence-electron chi connectivity index (χ4n) is 2.99. The third-order valence-electron chi connectivity index (χ3n) is 4.42. The molecule has 3 rings (SSSR count). The molecule has 0 saturated carbocycles. The summed E-state index contributed by atoms with van der Waals surface area (Å²) in [5, 5.41) is 0.591. The van der Waals surface area contributed by atoms with Crippen LogP contribution >= 0.6 is 11.6 Å². The Bertz CT molecular complexity index is 718. The van der Waals surface area contributed by atoms with Crippen molar-refractivity contribution >= 4 is 17.5 Å². The summed E-state index contributed by atoms with van der Waals surface area (Å²) in [5.41, 5.74) is 1.06. The van der Waals surface area contributed by atoms with Crippen molar-refractivity contribution in [2.45, 2.75) is 38.6 Å². The van der Waals surface area contributed by atoms with E-state index >= 15 is 0 Å². The van der Waals surface area contributed by atoms with E-state index in [0.717, 1.165) is 18.4 Å². The van der Waals surface area contributed by atoms with Gasteiger partial charge >= 0.3 is 0 Å². The van der Waals surface area contributed by atoms with Crippen LogP contribution in [0, 0.1) is 0 Å². The summed E-state index contributed by atoms with van der Waals surface area (Å²) in [6, 6.07) is 11.0. The van der Waals surface area contributed by atoms with E-state index in [1.54, 1.807) is 37.4 Å². The van der Waals surface area contributed by atoms with Gasteiger partial charge in [0, 0.05) is 30.5 Å². The highest BCUT2D eigenvalue weighted by Crippen LogP contribution is 2.20. The summed E-state index contributed by atoms with van der Waals surface area (Å²) in [4.78, 5) is 18.5. The number of likely N-dealkylation sites (tertiary alicyclic amines) is 1. The van der Waals surface area contributed by atoms with Crippen LogP contribution in [0.3, 0.4) is 0 Å². The second kappa shape index (κ2) is 9.01. The Balaban J connectivity index is 1.44. The molecule has 0 unspecified atom stereocenters. The average molecular weight is 375 g/mol. The number of amides is 1. The summed E-state index contributed by atoms with van der Waals surface area (Å²) in [6.45, 7) is 3.69. The average Bonchev–Trinajstić information content (AvgIpc) is 2.67. The van der Waals surface area contributed by atoms with Crippen molar-refractivity contribution in [3.05, 3.63) is 59.4 Å². The molecule has 26 heavy (non-hydrogen) atoms. The maximum absolute atomic E-state index is 12.6. The van der Waals surface area contributed by atoms with Crippen molar-refractivity contribution in [2.75, 3.05) is 13.1 Å². The number of piperidine rings is 1. The molecule has 0 N–H and O–H groups in total. The standard InChI is InChI=1S/C20H23ClN2O3/c1-15(26-19-6-2-5-17(21)12-19)20(24)23-10-7-18(8-11-23)25-14-16-4-3-9-22-13-16/h2-6,9,12-13,15,18H,7-8,10-11,14H2,1H3/t15-/m1/s1. The second-order valence-corrected chi connectivity index (χ2v) is 6.85. The Morgan fingerprint density at radius 1 is 1.31 bits per heavy atom. The molecule has 2 aromatic rings. The highest BCUT2D eigenvalue weighted by molar-refractivity contribution is 6.30. The highest BCUT2D eigenvalue weighted by atomic mass is 35.5. The van der Waals surface area contributed by atoms with Crippen molar-refractivity contribution in [2.24, 2.45) is 0 Å². The first-order valence-corrected chi connectivity index (χ1v) is 9.21. The fourth-order valence-corrected chi connectivity index (χ4v) is 3.17. The number of hydrogen-bond donors (Lipinski definition) is 0. The zero-order valence-electron chi connectivity index (χ0n) is 14.8. The molecule has 1 aliphatic heterocycles. The van der Waals surface area contributed by atoms with Gasteiger partial charge < -0.3 is 14.4 Å². The Hall–Kier alpha value is -2.11. The molecule has 1 fully saturated rings. The number of benzene rings is 1. The van der Waals surface area contributed by atoms with Crippen LogP contribution in [0.5, 0.6) is 5.75 Å². The number of hydrogen-bond acceptors (Lipinski definition) is 4. The number of carbonyl (C=O) groups is 1. The molecule has 6 heteroatoms. The summed E-state index contributed by atoms with van der Waals surface area (Å²) in [5.74, 6) is 0.601. The summed E-state index contributed by atoms with van der Waals surface area (Å²) in [6.07, 6.45) is 4.85. The lowest BCUT2D eigenvalue weighted by Crippen LogP contribution is -2.46. The van der Waals surface area contributed by atoms with Gasteiger partial charge in [0.1, 0.15) is 5.75 Å². The minimum atomic E-state index is -0.540. The molecular weight excluding hydrogens is 352 g/mol. The van der Waals surface area contributed by atoms with Gasteiger partial charge in [0.25, 0.3) is 5.91 Å². The molecular formula is C20H23ClN2O3. The summed E-state index contributed by atoms with van der Waals surface area (Å²) in [7, 11) is 0. The van der Waals surface area contributed by atoms with Gasteiger partial charge in [0.2, 0.25) is 0 Å². The molecule has 1 aliphatic rings. The molecule has 5 nitrogen and oxygen atoms in total. The van der Waals surface area contributed by atoms with Gasteiger partial charge in [0.15, 0.2) is 6.10 Å². The van der Waals surface area contributed by atoms with Crippen LogP contribution in [0.2, 0.25) is 5.02 Å². The smallest absolute Gasteiger partial charge is 0.263 e. The summed E-state index contributed by atoms with van der Waals surface area (Å²) < 4.78 is 11.7. The monoisotopic (exact) mass is 374 g/mol. The van der Waals surface area contributed by atoms with Gasteiger partial charge in [-0.15, -0.1) is 0 Å². The van der Waals surface area contributed by atoms with Crippen LogP contribution < -0.4 is 4.74 Å². The van der Waals surface area contributed by atoms with Gasteiger partial charge in [0.05, 0.1) is 12.7 Å². The fraction of sp³-hybridized carbons (Fsp3) is 0.400. The first-order chi connectivity index (χ1) is 12.6. The molecule has 1 atom stereocenters. The lowest BCUT2D eigenvalue weighted by molar-refractivity contribution is -0.140. The first kappa shape index (κ1) is 18.7. The maximum atomic E-state index is 12.6. The molecule has 1 saturated heterocycles. The van der Waals surface area contributed by atoms with Crippen LogP contribution in [0.25, 0.3) is 0 Å². The SMILES string of the molecule is C[C@@H](Oc1cccc(Cl)c1)C(=O)N1CCC(OCc2cccnc2)CC1. The molecule has 0 spiro atoms. The molecule has 138 valence electrons. The zero-order valence-corrected chi connectivity index (χ0v) is 15.6. The van der Waals surface area contributed by atoms with E-state index in [-0.39, 0.29) is 12.0 Å². The third-order valence-corrected chi connectivity index (χ3v) is 4.65. The largest absolute Gasteiger partial charge is 0.481 e. The zero-order chi connectivity index (χ0) is 18.4. The van der Waals surface area contributed by atoms with Crippen LogP contribution in [-0.4, -0.2) is 41.1 Å². The van der Waals surface area contributed by atoms with Gasteiger partial charge in [-0.3, -0.25) is 9.78 Å². The van der Waals surface area contributed by atoms with Crippen molar-refractivity contribution < 1.29 is 14.3 Å². The predicted molar refractivity (Wildman–Crippen MR) is 100 cm³/mol. The van der Waals surface area contributed by atoms with Crippen molar-refractivity contribution in [1.29, 1.82) is 0 Å². The number of pyridine rings is 1. The number of halogens is 1. The number of ether oxygens (including phenoxy) is 2. The maximum Gasteiger partial charge on any atom is 0.263 e. The van der Waals surface area contributed by atoms with Crippen molar-refractivity contribution in [1.82, 2.24) is 9.88 Å². The quantitative estimate of drug-likeness (QED) is 0.773. The minimum Gasteiger partial charge on any atom is -0.481 e. The van der Waals surface area contributed by atoms with Gasteiger partial charge in [-0.25, -0.2) is 0 Å². The minimum absolute atomic E-state index is 0.00400. The van der Waals surface area contributed by atoms with Crippen LogP contribution in [0.15, 0.2) is 48.8 Å². The van der Waals surface area contributed by atoms with Crippen molar-refractivity contribution in [3.63, 3.8) is 0 Å². The van der Waals surface area contributed by atoms with E-state index in [4.69, 9.17) is 21.1 Å². The first-order valence-electron chi connectivity index (χ1n) is 8.83. The number of carbonyl (C=O) groups excluding carboxylic acids is 1. The van der Waals surface area contributed by atoms with E-state index in [1.165, 1.54) is 0 Å². The van der Waals surface area contributed by atoms with E-state index in [9.17, 15) is 4.79 Å². The Morgan fingerprint density at radius 2 is 2.12 bits per heavy atom. The van der Waals surface area contributed by atoms with Gasteiger partial charge in [-0.2, -0.15) is 0 Å². The van der Waals surface area contributed by atoms with E-state index in [1.807, 2.05) is 23.2 Å². The van der Waals surface area contributed by atoms with E-state index < -0.39 is 6.10 Å².